The first-order chi connectivity index (χ1) is 4.79. The summed E-state index contributed by atoms with van der Waals surface area (Å²) in [5, 5.41) is 0. The largest absolute Gasteiger partial charge is 0.0850 e. The van der Waals surface area contributed by atoms with Crippen LogP contribution in [0.4, 0.5) is 0 Å². The first-order valence-corrected chi connectivity index (χ1v) is 4.28. The summed E-state index contributed by atoms with van der Waals surface area (Å²) >= 11 is 0. The van der Waals surface area contributed by atoms with Crippen LogP contribution in [0.2, 0.25) is 0 Å². The fourth-order valence-electron chi connectivity index (χ4n) is 1.47. The Labute approximate surface area is 64.3 Å². The van der Waals surface area contributed by atoms with Gasteiger partial charge >= 0.3 is 0 Å². The van der Waals surface area contributed by atoms with Crippen molar-refractivity contribution in [2.24, 2.45) is 5.92 Å². The molecular formula is C10H17. The molecule has 57 valence electrons. The van der Waals surface area contributed by atoms with Gasteiger partial charge in [-0.1, -0.05) is 25.5 Å². The summed E-state index contributed by atoms with van der Waals surface area (Å²) in [6.45, 7) is 4.58. The van der Waals surface area contributed by atoms with E-state index in [1.807, 2.05) is 0 Å². The Balaban J connectivity index is 2.31. The minimum Gasteiger partial charge on any atom is -0.0850 e. The highest BCUT2D eigenvalue weighted by Crippen LogP contribution is 2.22. The predicted molar refractivity (Wildman–Crippen MR) is 45.7 cm³/mol. The van der Waals surface area contributed by atoms with Crippen LogP contribution < -0.4 is 0 Å². The van der Waals surface area contributed by atoms with Gasteiger partial charge in [0.25, 0.3) is 0 Å². The number of allylic oxidation sites excluding steroid dienone is 2. The molecule has 0 saturated heterocycles. The van der Waals surface area contributed by atoms with Crippen molar-refractivity contribution >= 4 is 0 Å². The Morgan fingerprint density at radius 2 is 2.30 bits per heavy atom. The molecule has 1 radical (unpaired) electrons. The van der Waals surface area contributed by atoms with Crippen LogP contribution in [0.15, 0.2) is 11.6 Å². The molecule has 0 spiro atoms. The van der Waals surface area contributed by atoms with E-state index in [0.717, 1.165) is 5.92 Å². The zero-order valence-electron chi connectivity index (χ0n) is 7.06. The van der Waals surface area contributed by atoms with Crippen molar-refractivity contribution in [3.63, 3.8) is 0 Å². The fraction of sp³-hybridized carbons (Fsp3) is 0.700. The van der Waals surface area contributed by atoms with E-state index in [9.17, 15) is 0 Å². The lowest BCUT2D eigenvalue weighted by molar-refractivity contribution is 0.613. The topological polar surface area (TPSA) is 0 Å². The molecule has 0 aromatic heterocycles. The molecule has 0 heterocycles. The van der Waals surface area contributed by atoms with Crippen molar-refractivity contribution < 1.29 is 0 Å². The molecule has 0 aromatic carbocycles. The van der Waals surface area contributed by atoms with Gasteiger partial charge in [0.15, 0.2) is 0 Å². The minimum absolute atomic E-state index is 0.837. The zero-order valence-corrected chi connectivity index (χ0v) is 7.06. The van der Waals surface area contributed by atoms with Crippen molar-refractivity contribution in [2.75, 3.05) is 0 Å². The predicted octanol–water partition coefficient (Wildman–Crippen LogP) is 3.35. The van der Waals surface area contributed by atoms with E-state index in [0.29, 0.717) is 0 Å². The maximum absolute atomic E-state index is 2.39. The van der Waals surface area contributed by atoms with Crippen LogP contribution in [-0.2, 0) is 0 Å². The van der Waals surface area contributed by atoms with Gasteiger partial charge in [-0.05, 0) is 38.0 Å². The average Bonchev–Trinajstić information content (AvgIpc) is 1.88. The van der Waals surface area contributed by atoms with Crippen LogP contribution in [0.1, 0.15) is 39.5 Å². The Hall–Kier alpha value is -0.260. The highest BCUT2D eigenvalue weighted by molar-refractivity contribution is 5.08. The first-order valence-electron chi connectivity index (χ1n) is 4.28. The zero-order chi connectivity index (χ0) is 7.40. The summed E-state index contributed by atoms with van der Waals surface area (Å²) < 4.78 is 0. The van der Waals surface area contributed by atoms with Crippen LogP contribution >= 0.6 is 0 Å². The van der Waals surface area contributed by atoms with E-state index in [4.69, 9.17) is 0 Å². The highest BCUT2D eigenvalue weighted by Gasteiger charge is 2.04. The van der Waals surface area contributed by atoms with Crippen molar-refractivity contribution in [1.29, 1.82) is 0 Å². The van der Waals surface area contributed by atoms with E-state index in [2.05, 4.69) is 26.3 Å². The van der Waals surface area contributed by atoms with E-state index in [1.54, 1.807) is 5.57 Å². The molecular weight excluding hydrogens is 120 g/mol. The smallest absolute Gasteiger partial charge is 0.0297 e. The lowest BCUT2D eigenvalue weighted by atomic mass is 9.93. The van der Waals surface area contributed by atoms with Gasteiger partial charge in [0.1, 0.15) is 0 Å². The lowest BCUT2D eigenvalue weighted by Crippen LogP contribution is -1.96. The van der Waals surface area contributed by atoms with Crippen molar-refractivity contribution in [3.8, 4) is 0 Å². The van der Waals surface area contributed by atoms with Crippen LogP contribution in [0.3, 0.4) is 0 Å². The average molecular weight is 137 g/mol. The SMILES string of the molecule is CC(C)CC1=CC[CH]CC1. The second-order valence-electron chi connectivity index (χ2n) is 3.52. The Bertz CT molecular complexity index is 120. The Kier molecular flexibility index (Phi) is 2.98. The summed E-state index contributed by atoms with van der Waals surface area (Å²) in [6, 6.07) is 0. The maximum Gasteiger partial charge on any atom is -0.0297 e. The van der Waals surface area contributed by atoms with Crippen LogP contribution in [0.5, 0.6) is 0 Å². The number of hydrogen-bond acceptors (Lipinski definition) is 0. The normalized spacial score (nSPS) is 19.3. The van der Waals surface area contributed by atoms with Gasteiger partial charge in [-0.25, -0.2) is 0 Å². The van der Waals surface area contributed by atoms with E-state index in [1.165, 1.54) is 25.7 Å². The maximum atomic E-state index is 2.39. The third-order valence-electron chi connectivity index (χ3n) is 1.91. The molecule has 10 heavy (non-hydrogen) atoms. The molecule has 0 bridgehead atoms. The van der Waals surface area contributed by atoms with Gasteiger partial charge in [0.05, 0.1) is 0 Å². The van der Waals surface area contributed by atoms with E-state index in [-0.39, 0.29) is 0 Å². The minimum atomic E-state index is 0.837. The molecule has 0 N–H and O–H groups in total. The van der Waals surface area contributed by atoms with E-state index >= 15 is 0 Å². The van der Waals surface area contributed by atoms with Gasteiger partial charge in [-0.3, -0.25) is 0 Å². The standard InChI is InChI=1S/C10H17/c1-9(2)8-10-6-4-3-5-7-10/h3,6,9H,4-5,7-8H2,1-2H3. The molecule has 0 unspecified atom stereocenters. The summed E-state index contributed by atoms with van der Waals surface area (Å²) in [7, 11) is 0. The van der Waals surface area contributed by atoms with E-state index < -0.39 is 0 Å². The summed E-state index contributed by atoms with van der Waals surface area (Å²) in [4.78, 5) is 0. The lowest BCUT2D eigenvalue weighted by Gasteiger charge is -2.13. The summed E-state index contributed by atoms with van der Waals surface area (Å²) in [5.74, 6) is 0.837. The molecule has 0 atom stereocenters. The molecule has 0 heteroatoms. The molecule has 0 nitrogen and oxygen atoms in total. The van der Waals surface area contributed by atoms with Gasteiger partial charge < -0.3 is 0 Å². The number of rotatable bonds is 2. The first kappa shape index (κ1) is 7.84. The van der Waals surface area contributed by atoms with Crippen LogP contribution in [0.25, 0.3) is 0 Å². The van der Waals surface area contributed by atoms with Crippen molar-refractivity contribution in [1.82, 2.24) is 0 Å². The molecule has 0 aliphatic heterocycles. The summed E-state index contributed by atoms with van der Waals surface area (Å²) in [6.07, 6.45) is 9.90. The molecule has 1 aliphatic rings. The molecule has 0 saturated carbocycles. The van der Waals surface area contributed by atoms with Gasteiger partial charge in [0, 0.05) is 0 Å². The molecule has 1 aliphatic carbocycles. The third kappa shape index (κ3) is 2.55. The molecule has 0 aromatic rings. The third-order valence-corrected chi connectivity index (χ3v) is 1.91. The van der Waals surface area contributed by atoms with Gasteiger partial charge in [-0.15, -0.1) is 0 Å². The molecule has 0 fully saturated rings. The second-order valence-corrected chi connectivity index (χ2v) is 3.52. The monoisotopic (exact) mass is 137 g/mol. The molecule has 0 amide bonds. The summed E-state index contributed by atoms with van der Waals surface area (Å²) in [5.41, 5.74) is 1.68. The Morgan fingerprint density at radius 3 is 2.80 bits per heavy atom. The van der Waals surface area contributed by atoms with Crippen LogP contribution in [0, 0.1) is 12.3 Å². The quantitative estimate of drug-likeness (QED) is 0.512. The Morgan fingerprint density at radius 1 is 1.50 bits per heavy atom. The second kappa shape index (κ2) is 3.80. The highest BCUT2D eigenvalue weighted by atomic mass is 14.1. The fourth-order valence-corrected chi connectivity index (χ4v) is 1.47. The van der Waals surface area contributed by atoms with Crippen molar-refractivity contribution in [2.45, 2.75) is 39.5 Å². The van der Waals surface area contributed by atoms with Crippen molar-refractivity contribution in [3.05, 3.63) is 18.1 Å². The van der Waals surface area contributed by atoms with Gasteiger partial charge in [-0.2, -0.15) is 0 Å². The molecule has 1 rings (SSSR count). The number of hydrogen-bond donors (Lipinski definition) is 0. The van der Waals surface area contributed by atoms with Gasteiger partial charge in [0.2, 0.25) is 0 Å². The van der Waals surface area contributed by atoms with Crippen LogP contribution in [-0.4, -0.2) is 0 Å².